The summed E-state index contributed by atoms with van der Waals surface area (Å²) < 4.78 is 0. The van der Waals surface area contributed by atoms with Gasteiger partial charge in [0.25, 0.3) is 0 Å². The molecule has 0 spiro atoms. The molecule has 1 heterocycles. The van der Waals surface area contributed by atoms with Gasteiger partial charge in [-0.3, -0.25) is 14.6 Å². The second-order valence-electron chi connectivity index (χ2n) is 14.7. The summed E-state index contributed by atoms with van der Waals surface area (Å²) in [5.74, 6) is 3.55. The molecule has 4 heteroatoms. The summed E-state index contributed by atoms with van der Waals surface area (Å²) >= 11 is 0. The lowest BCUT2D eigenvalue weighted by Crippen LogP contribution is -2.55. The predicted molar refractivity (Wildman–Crippen MR) is 152 cm³/mol. The molecule has 4 fully saturated rings. The molecule has 0 aromatic carbocycles. The lowest BCUT2D eigenvalue weighted by Gasteiger charge is -2.57. The first-order chi connectivity index (χ1) is 17.4. The number of likely N-dealkylation sites (tertiary alicyclic amines) is 1. The maximum Gasteiger partial charge on any atom is 0.153 e. The van der Waals surface area contributed by atoms with Gasteiger partial charge in [-0.05, 0) is 120 Å². The topological polar surface area (TPSA) is 43.8 Å². The molecule has 5 aliphatic rings. The van der Waals surface area contributed by atoms with Crippen LogP contribution in [0.3, 0.4) is 0 Å². The number of nitrogens with zero attached hydrogens (tertiary/aromatic N) is 2. The Kier molecular flexibility index (Phi) is 7.38. The number of carbonyl (C=O) groups is 1. The number of carbonyl (C=O) groups excluding carboxylic acids is 1. The Hall–Kier alpha value is -0.970. The molecule has 1 aliphatic heterocycles. The van der Waals surface area contributed by atoms with Crippen molar-refractivity contribution in [1.82, 2.24) is 9.80 Å². The molecule has 208 valence electrons. The van der Waals surface area contributed by atoms with Crippen LogP contribution < -0.4 is 0 Å². The molecule has 4 nitrogen and oxygen atoms in total. The molecule has 0 bridgehead atoms. The molecule has 1 saturated heterocycles. The van der Waals surface area contributed by atoms with Crippen LogP contribution in [-0.4, -0.2) is 66.1 Å². The SMILES string of the molecule is C[C@H](C/C=C1\CCN(CCO)C1(C)C)[C@H]1CC[C@H]2C3=CC[C@H]4C(=O)[C@@H](N(C)C)CC[C@]4(C)[C@H]3CC[C@]12C. The second kappa shape index (κ2) is 9.89. The third-order valence-corrected chi connectivity index (χ3v) is 12.6. The van der Waals surface area contributed by atoms with E-state index in [0.29, 0.717) is 29.0 Å². The van der Waals surface area contributed by atoms with Gasteiger partial charge in [0, 0.05) is 24.5 Å². The van der Waals surface area contributed by atoms with Gasteiger partial charge >= 0.3 is 0 Å². The Morgan fingerprint density at radius 3 is 2.46 bits per heavy atom. The van der Waals surface area contributed by atoms with Crippen molar-refractivity contribution < 1.29 is 9.90 Å². The molecule has 3 saturated carbocycles. The molecular weight excluding hydrogens is 456 g/mol. The molecule has 5 rings (SSSR count). The number of Topliss-reactive ketones (excluding diaryl/α,β-unsaturated/α-hetero) is 1. The number of likely N-dealkylation sites (N-methyl/N-ethyl adjacent to an activating group) is 1. The van der Waals surface area contributed by atoms with E-state index in [1.54, 1.807) is 11.1 Å². The number of hydrogen-bond acceptors (Lipinski definition) is 4. The first kappa shape index (κ1) is 27.6. The van der Waals surface area contributed by atoms with Crippen LogP contribution in [0.25, 0.3) is 0 Å². The highest BCUT2D eigenvalue weighted by Crippen LogP contribution is 2.66. The largest absolute Gasteiger partial charge is 0.395 e. The van der Waals surface area contributed by atoms with Crippen LogP contribution in [-0.2, 0) is 4.79 Å². The first-order valence-electron chi connectivity index (χ1n) is 15.4. The Morgan fingerprint density at radius 1 is 1.05 bits per heavy atom. The lowest BCUT2D eigenvalue weighted by atomic mass is 9.47. The smallest absolute Gasteiger partial charge is 0.153 e. The number of ketones is 1. The summed E-state index contributed by atoms with van der Waals surface area (Å²) in [6.45, 7) is 14.4. The van der Waals surface area contributed by atoms with E-state index < -0.39 is 0 Å². The third kappa shape index (κ3) is 4.32. The van der Waals surface area contributed by atoms with Crippen LogP contribution in [0.5, 0.6) is 0 Å². The number of allylic oxidation sites excluding steroid dienone is 3. The molecule has 8 atom stereocenters. The van der Waals surface area contributed by atoms with Crippen LogP contribution in [0, 0.1) is 40.4 Å². The summed E-state index contributed by atoms with van der Waals surface area (Å²) in [7, 11) is 4.16. The number of rotatable bonds is 6. The highest BCUT2D eigenvalue weighted by molar-refractivity contribution is 5.88. The van der Waals surface area contributed by atoms with Gasteiger partial charge in [0.2, 0.25) is 0 Å². The summed E-state index contributed by atoms with van der Waals surface area (Å²) in [6.07, 6.45) is 16.0. The number of aliphatic hydroxyl groups is 1. The van der Waals surface area contributed by atoms with Gasteiger partial charge in [-0.2, -0.15) is 0 Å². The van der Waals surface area contributed by atoms with Crippen LogP contribution in [0.1, 0.15) is 92.4 Å². The highest BCUT2D eigenvalue weighted by Gasteiger charge is 2.59. The minimum Gasteiger partial charge on any atom is -0.395 e. The van der Waals surface area contributed by atoms with Crippen LogP contribution in [0.15, 0.2) is 23.3 Å². The standard InChI is InChI=1S/C33H54N2O2/c1-22(8-9-23-16-19-35(20-21-36)31(23,2)3)25-12-13-26-24-10-11-28-30(37)29(34(6)7)15-18-33(28,5)27(24)14-17-32(25,26)4/h9-10,22,25-29,36H,8,11-21H2,1-7H3/b23-9+/t22-,25-,26+,27+,28+,29+,32-,33-/m1/s1. The molecular formula is C33H54N2O2. The predicted octanol–water partition coefficient (Wildman–Crippen LogP) is 6.10. The van der Waals surface area contributed by atoms with E-state index in [-0.39, 0.29) is 29.5 Å². The average molecular weight is 511 g/mol. The molecule has 0 aromatic rings. The van der Waals surface area contributed by atoms with Gasteiger partial charge in [0.1, 0.15) is 0 Å². The normalized spacial score (nSPS) is 43.5. The van der Waals surface area contributed by atoms with Crippen molar-refractivity contribution in [3.63, 3.8) is 0 Å². The number of aliphatic hydroxyl groups excluding tert-OH is 1. The first-order valence-corrected chi connectivity index (χ1v) is 15.4. The van der Waals surface area contributed by atoms with E-state index in [2.05, 4.69) is 70.7 Å². The molecule has 0 aromatic heterocycles. The van der Waals surface area contributed by atoms with Gasteiger partial charge in [-0.25, -0.2) is 0 Å². The minimum atomic E-state index is 0.0739. The lowest BCUT2D eigenvalue weighted by molar-refractivity contribution is -0.140. The minimum absolute atomic E-state index is 0.0739. The fourth-order valence-corrected chi connectivity index (χ4v) is 10.3. The van der Waals surface area contributed by atoms with Crippen LogP contribution >= 0.6 is 0 Å². The Bertz CT molecular complexity index is 950. The Morgan fingerprint density at radius 2 is 1.76 bits per heavy atom. The van der Waals surface area contributed by atoms with Crippen LogP contribution in [0.4, 0.5) is 0 Å². The van der Waals surface area contributed by atoms with E-state index in [1.807, 2.05) is 0 Å². The number of hydrogen-bond donors (Lipinski definition) is 1. The van der Waals surface area contributed by atoms with Crippen molar-refractivity contribution in [3.8, 4) is 0 Å². The fourth-order valence-electron chi connectivity index (χ4n) is 10.3. The molecule has 0 amide bonds. The van der Waals surface area contributed by atoms with Gasteiger partial charge in [0.05, 0.1) is 12.6 Å². The number of β-amino-alcohol motifs (C(OH)–C–C–N with tert-alkyl or cyclic N) is 1. The summed E-state index contributed by atoms with van der Waals surface area (Å²) in [6, 6.07) is 0.119. The highest BCUT2D eigenvalue weighted by atomic mass is 16.3. The summed E-state index contributed by atoms with van der Waals surface area (Å²) in [4.78, 5) is 18.1. The van der Waals surface area contributed by atoms with Crippen molar-refractivity contribution in [2.75, 3.05) is 33.8 Å². The zero-order valence-corrected chi connectivity index (χ0v) is 24.9. The quantitative estimate of drug-likeness (QED) is 0.438. The van der Waals surface area contributed by atoms with Crippen molar-refractivity contribution in [1.29, 1.82) is 0 Å². The second-order valence-corrected chi connectivity index (χ2v) is 14.7. The van der Waals surface area contributed by atoms with E-state index in [4.69, 9.17) is 0 Å². The van der Waals surface area contributed by atoms with Crippen molar-refractivity contribution in [2.24, 2.45) is 40.4 Å². The van der Waals surface area contributed by atoms with Crippen molar-refractivity contribution in [3.05, 3.63) is 23.3 Å². The summed E-state index contributed by atoms with van der Waals surface area (Å²) in [5, 5.41) is 9.47. The van der Waals surface area contributed by atoms with E-state index in [9.17, 15) is 9.90 Å². The van der Waals surface area contributed by atoms with Gasteiger partial charge in [-0.15, -0.1) is 0 Å². The third-order valence-electron chi connectivity index (χ3n) is 12.6. The van der Waals surface area contributed by atoms with E-state index in [1.165, 1.54) is 38.5 Å². The van der Waals surface area contributed by atoms with E-state index >= 15 is 0 Å². The van der Waals surface area contributed by atoms with Crippen molar-refractivity contribution >= 4 is 5.78 Å². The van der Waals surface area contributed by atoms with Gasteiger partial charge < -0.3 is 5.11 Å². The summed E-state index contributed by atoms with van der Waals surface area (Å²) in [5.41, 5.74) is 3.97. The zero-order valence-electron chi connectivity index (χ0n) is 24.9. The van der Waals surface area contributed by atoms with Crippen molar-refractivity contribution in [2.45, 2.75) is 104 Å². The maximum absolute atomic E-state index is 13.5. The zero-order chi connectivity index (χ0) is 26.8. The van der Waals surface area contributed by atoms with Gasteiger partial charge in [0.15, 0.2) is 5.78 Å². The molecule has 0 unspecified atom stereocenters. The van der Waals surface area contributed by atoms with Gasteiger partial charge in [-0.1, -0.05) is 44.1 Å². The fraction of sp³-hybridized carbons (Fsp3) is 0.848. The Balaban J connectivity index is 1.31. The number of fused-ring (bicyclic) bond motifs is 5. The van der Waals surface area contributed by atoms with Crippen LogP contribution in [0.2, 0.25) is 0 Å². The molecule has 37 heavy (non-hydrogen) atoms. The van der Waals surface area contributed by atoms with E-state index in [0.717, 1.165) is 38.3 Å². The molecule has 0 radical (unpaired) electrons. The average Bonchev–Trinajstić information content (AvgIpc) is 3.33. The Labute approximate surface area is 226 Å². The molecule has 1 N–H and O–H groups in total. The monoisotopic (exact) mass is 510 g/mol. The maximum atomic E-state index is 13.5. The molecule has 4 aliphatic carbocycles.